The molecule has 0 saturated heterocycles. The van der Waals surface area contributed by atoms with Crippen LogP contribution < -0.4 is 10.6 Å². The second-order valence-corrected chi connectivity index (χ2v) is 5.20. The Bertz CT molecular complexity index is 409. The van der Waals surface area contributed by atoms with E-state index < -0.39 is 6.10 Å². The van der Waals surface area contributed by atoms with E-state index in [2.05, 4.69) is 10.6 Å². The summed E-state index contributed by atoms with van der Waals surface area (Å²) in [6.45, 7) is 0.816. The normalized spacial score (nSPS) is 11.9. The molecule has 112 valence electrons. The Hall–Kier alpha value is -1.44. The zero-order valence-electron chi connectivity index (χ0n) is 11.4. The van der Waals surface area contributed by atoms with E-state index in [-0.39, 0.29) is 25.0 Å². The number of aliphatic hydroxyl groups is 1. The van der Waals surface area contributed by atoms with Crippen molar-refractivity contribution in [2.75, 3.05) is 26.8 Å². The SMILES string of the molecule is COCC(O)CNC(=O)CCCNC(=O)c1cccs1. The van der Waals surface area contributed by atoms with Gasteiger partial charge in [0.1, 0.15) is 0 Å². The van der Waals surface area contributed by atoms with Crippen molar-refractivity contribution in [1.82, 2.24) is 10.6 Å². The number of methoxy groups -OCH3 is 1. The smallest absolute Gasteiger partial charge is 0.261 e. The van der Waals surface area contributed by atoms with Crippen molar-refractivity contribution in [1.29, 1.82) is 0 Å². The molecular formula is C13H20N2O4S. The van der Waals surface area contributed by atoms with Crippen molar-refractivity contribution < 1.29 is 19.4 Å². The highest BCUT2D eigenvalue weighted by atomic mass is 32.1. The van der Waals surface area contributed by atoms with E-state index in [0.29, 0.717) is 24.3 Å². The zero-order chi connectivity index (χ0) is 14.8. The summed E-state index contributed by atoms with van der Waals surface area (Å²) in [5.41, 5.74) is 0. The first kappa shape index (κ1) is 16.6. The second-order valence-electron chi connectivity index (χ2n) is 4.25. The van der Waals surface area contributed by atoms with Crippen LogP contribution in [0.3, 0.4) is 0 Å². The molecule has 0 bridgehead atoms. The molecule has 2 amide bonds. The molecule has 0 aliphatic rings. The number of aliphatic hydroxyl groups excluding tert-OH is 1. The summed E-state index contributed by atoms with van der Waals surface area (Å²) in [7, 11) is 1.49. The van der Waals surface area contributed by atoms with Crippen LogP contribution in [0, 0.1) is 0 Å². The van der Waals surface area contributed by atoms with Gasteiger partial charge in [-0.15, -0.1) is 11.3 Å². The fraction of sp³-hybridized carbons (Fsp3) is 0.538. The topological polar surface area (TPSA) is 87.7 Å². The molecule has 0 aliphatic heterocycles. The lowest BCUT2D eigenvalue weighted by molar-refractivity contribution is -0.121. The highest BCUT2D eigenvalue weighted by Gasteiger charge is 2.08. The van der Waals surface area contributed by atoms with Gasteiger partial charge in [-0.1, -0.05) is 6.07 Å². The molecule has 1 atom stereocenters. The summed E-state index contributed by atoms with van der Waals surface area (Å²) in [6.07, 6.45) is 0.177. The third-order valence-corrected chi connectivity index (χ3v) is 3.37. The molecule has 0 radical (unpaired) electrons. The molecule has 1 unspecified atom stereocenters. The van der Waals surface area contributed by atoms with E-state index in [9.17, 15) is 14.7 Å². The molecule has 1 rings (SSSR count). The van der Waals surface area contributed by atoms with E-state index in [1.165, 1.54) is 18.4 Å². The Balaban J connectivity index is 2.06. The maximum Gasteiger partial charge on any atom is 0.261 e. The number of carbonyl (C=O) groups excluding carboxylic acids is 2. The summed E-state index contributed by atoms with van der Waals surface area (Å²) in [4.78, 5) is 23.7. The lowest BCUT2D eigenvalue weighted by Gasteiger charge is -2.10. The third-order valence-electron chi connectivity index (χ3n) is 2.51. The van der Waals surface area contributed by atoms with E-state index >= 15 is 0 Å². The van der Waals surface area contributed by atoms with Crippen LogP contribution >= 0.6 is 11.3 Å². The van der Waals surface area contributed by atoms with Crippen LogP contribution in [-0.4, -0.2) is 49.8 Å². The predicted octanol–water partition coefficient (Wildman–Crippen LogP) is 0.382. The summed E-state index contributed by atoms with van der Waals surface area (Å²) >= 11 is 1.38. The molecule has 7 heteroatoms. The lowest BCUT2D eigenvalue weighted by Crippen LogP contribution is -2.34. The summed E-state index contributed by atoms with van der Waals surface area (Å²) in [6, 6.07) is 3.57. The Morgan fingerprint density at radius 2 is 2.25 bits per heavy atom. The first-order valence-corrected chi connectivity index (χ1v) is 7.27. The average molecular weight is 300 g/mol. The maximum atomic E-state index is 11.6. The van der Waals surface area contributed by atoms with Crippen LogP contribution in [0.15, 0.2) is 17.5 Å². The van der Waals surface area contributed by atoms with E-state index in [1.807, 2.05) is 11.4 Å². The average Bonchev–Trinajstić information content (AvgIpc) is 2.95. The molecule has 20 heavy (non-hydrogen) atoms. The van der Waals surface area contributed by atoms with Gasteiger partial charge < -0.3 is 20.5 Å². The van der Waals surface area contributed by atoms with Crippen molar-refractivity contribution in [3.63, 3.8) is 0 Å². The molecule has 0 fully saturated rings. The number of thiophene rings is 1. The van der Waals surface area contributed by atoms with Gasteiger partial charge in [0.25, 0.3) is 5.91 Å². The van der Waals surface area contributed by atoms with Crippen LogP contribution in [0.2, 0.25) is 0 Å². The molecule has 0 aliphatic carbocycles. The van der Waals surface area contributed by atoms with Gasteiger partial charge in [-0.3, -0.25) is 9.59 Å². The third kappa shape index (κ3) is 6.65. The van der Waals surface area contributed by atoms with Crippen molar-refractivity contribution in [3.8, 4) is 0 Å². The number of nitrogens with one attached hydrogen (secondary N) is 2. The number of carbonyl (C=O) groups is 2. The van der Waals surface area contributed by atoms with Gasteiger partial charge in [-0.25, -0.2) is 0 Å². The highest BCUT2D eigenvalue weighted by molar-refractivity contribution is 7.12. The highest BCUT2D eigenvalue weighted by Crippen LogP contribution is 2.07. The van der Waals surface area contributed by atoms with Gasteiger partial charge in [-0.05, 0) is 17.9 Å². The quantitative estimate of drug-likeness (QED) is 0.575. The summed E-state index contributed by atoms with van der Waals surface area (Å²) < 4.78 is 4.75. The zero-order valence-corrected chi connectivity index (χ0v) is 12.2. The molecule has 0 aromatic carbocycles. The Morgan fingerprint density at radius 3 is 2.90 bits per heavy atom. The van der Waals surface area contributed by atoms with Crippen molar-refractivity contribution in [2.24, 2.45) is 0 Å². The van der Waals surface area contributed by atoms with Crippen molar-refractivity contribution in [3.05, 3.63) is 22.4 Å². The molecule has 0 saturated carbocycles. The minimum Gasteiger partial charge on any atom is -0.389 e. The van der Waals surface area contributed by atoms with E-state index in [4.69, 9.17) is 4.74 Å². The van der Waals surface area contributed by atoms with Crippen LogP contribution in [0.1, 0.15) is 22.5 Å². The number of hydrogen-bond donors (Lipinski definition) is 3. The number of rotatable bonds is 9. The van der Waals surface area contributed by atoms with Gasteiger partial charge in [-0.2, -0.15) is 0 Å². The summed E-state index contributed by atoms with van der Waals surface area (Å²) in [5, 5.41) is 16.5. The van der Waals surface area contributed by atoms with Crippen LogP contribution in [0.4, 0.5) is 0 Å². The molecule has 3 N–H and O–H groups in total. The molecule has 1 heterocycles. The van der Waals surface area contributed by atoms with Crippen LogP contribution in [0.25, 0.3) is 0 Å². The Labute approximate surface area is 122 Å². The first-order chi connectivity index (χ1) is 9.63. The predicted molar refractivity (Wildman–Crippen MR) is 76.8 cm³/mol. The van der Waals surface area contributed by atoms with Crippen LogP contribution in [0.5, 0.6) is 0 Å². The van der Waals surface area contributed by atoms with E-state index in [1.54, 1.807) is 6.07 Å². The van der Waals surface area contributed by atoms with Crippen molar-refractivity contribution >= 4 is 23.2 Å². The maximum absolute atomic E-state index is 11.6. The van der Waals surface area contributed by atoms with Gasteiger partial charge >= 0.3 is 0 Å². The van der Waals surface area contributed by atoms with Crippen LogP contribution in [-0.2, 0) is 9.53 Å². The fourth-order valence-corrected chi connectivity index (χ4v) is 2.16. The minimum absolute atomic E-state index is 0.115. The largest absolute Gasteiger partial charge is 0.389 e. The molecule has 6 nitrogen and oxygen atoms in total. The second kappa shape index (κ2) is 9.46. The van der Waals surface area contributed by atoms with Gasteiger partial charge in [0.05, 0.1) is 17.6 Å². The Morgan fingerprint density at radius 1 is 1.45 bits per heavy atom. The van der Waals surface area contributed by atoms with Crippen molar-refractivity contribution in [2.45, 2.75) is 18.9 Å². The number of amides is 2. The number of ether oxygens (including phenoxy) is 1. The molecule has 1 aromatic heterocycles. The summed E-state index contributed by atoms with van der Waals surface area (Å²) in [5.74, 6) is -0.263. The van der Waals surface area contributed by atoms with Gasteiger partial charge in [0, 0.05) is 26.6 Å². The fourth-order valence-electron chi connectivity index (χ4n) is 1.52. The Kier molecular flexibility index (Phi) is 7.86. The minimum atomic E-state index is -0.692. The first-order valence-electron chi connectivity index (χ1n) is 6.39. The van der Waals surface area contributed by atoms with Gasteiger partial charge in [0.15, 0.2) is 0 Å². The monoisotopic (exact) mass is 300 g/mol. The lowest BCUT2D eigenvalue weighted by atomic mass is 10.2. The van der Waals surface area contributed by atoms with Gasteiger partial charge in [0.2, 0.25) is 5.91 Å². The molecule has 1 aromatic rings. The molecule has 0 spiro atoms. The standard InChI is InChI=1S/C13H20N2O4S/c1-19-9-10(16)8-15-12(17)5-2-6-14-13(18)11-4-3-7-20-11/h3-4,7,10,16H,2,5-6,8-9H2,1H3,(H,14,18)(H,15,17). The number of hydrogen-bond acceptors (Lipinski definition) is 5. The van der Waals surface area contributed by atoms with E-state index in [0.717, 1.165) is 0 Å². The molecular weight excluding hydrogens is 280 g/mol.